The Bertz CT molecular complexity index is 360. The van der Waals surface area contributed by atoms with Crippen LogP contribution in [0, 0.1) is 11.3 Å². The van der Waals surface area contributed by atoms with Crippen molar-refractivity contribution in [2.75, 3.05) is 20.1 Å². The highest BCUT2D eigenvalue weighted by Crippen LogP contribution is 2.35. The Morgan fingerprint density at radius 1 is 1.25 bits per heavy atom. The first-order valence-electron chi connectivity index (χ1n) is 7.50. The van der Waals surface area contributed by atoms with Crippen molar-refractivity contribution in [1.82, 2.24) is 9.80 Å². The Kier molecular flexibility index (Phi) is 5.42. The molecule has 0 aliphatic carbocycles. The number of nitrogens with zero attached hydrogens (tertiary/aromatic N) is 2. The Labute approximate surface area is 121 Å². The summed E-state index contributed by atoms with van der Waals surface area (Å²) < 4.78 is 0. The van der Waals surface area contributed by atoms with Gasteiger partial charge in [-0.2, -0.15) is 0 Å². The molecule has 1 heterocycles. The molecule has 5 heteroatoms. The number of hydrogen-bond acceptors (Lipinski definition) is 2. The van der Waals surface area contributed by atoms with Crippen molar-refractivity contribution in [3.8, 4) is 0 Å². The number of likely N-dealkylation sites (tertiary alicyclic amines) is 1. The molecule has 0 bridgehead atoms. The van der Waals surface area contributed by atoms with Gasteiger partial charge in [0, 0.05) is 26.2 Å². The summed E-state index contributed by atoms with van der Waals surface area (Å²) in [6.45, 7) is 9.22. The molecule has 1 aliphatic heterocycles. The molecule has 116 valence electrons. The third-order valence-corrected chi connectivity index (χ3v) is 5.00. The molecule has 0 saturated carbocycles. The molecule has 2 amide bonds. The summed E-state index contributed by atoms with van der Waals surface area (Å²) in [4.78, 5) is 27.4. The van der Waals surface area contributed by atoms with Gasteiger partial charge in [-0.25, -0.2) is 4.79 Å². The number of carboxylic acid groups (broad SMARTS) is 1. The molecule has 1 fully saturated rings. The molecule has 0 aromatic rings. The maximum Gasteiger partial charge on any atom is 0.319 e. The van der Waals surface area contributed by atoms with E-state index in [2.05, 4.69) is 13.8 Å². The fraction of sp³-hybridized carbons (Fsp3) is 0.867. The Morgan fingerprint density at radius 2 is 1.75 bits per heavy atom. The lowest BCUT2D eigenvalue weighted by Crippen LogP contribution is -2.52. The van der Waals surface area contributed by atoms with Crippen LogP contribution in [0.5, 0.6) is 0 Å². The smallest absolute Gasteiger partial charge is 0.319 e. The van der Waals surface area contributed by atoms with Crippen LogP contribution in [0.1, 0.15) is 47.0 Å². The Balaban J connectivity index is 2.65. The van der Waals surface area contributed by atoms with Gasteiger partial charge in [0.05, 0.1) is 5.41 Å². The van der Waals surface area contributed by atoms with Crippen molar-refractivity contribution < 1.29 is 14.7 Å². The second kappa shape index (κ2) is 6.46. The predicted octanol–water partition coefficient (Wildman–Crippen LogP) is 2.66. The molecular weight excluding hydrogens is 256 g/mol. The topological polar surface area (TPSA) is 60.9 Å². The fourth-order valence-corrected chi connectivity index (χ4v) is 2.69. The zero-order valence-corrected chi connectivity index (χ0v) is 13.3. The van der Waals surface area contributed by atoms with Crippen LogP contribution in [-0.4, -0.2) is 53.1 Å². The summed E-state index contributed by atoms with van der Waals surface area (Å²) in [5.74, 6) is -0.321. The maximum atomic E-state index is 12.4. The van der Waals surface area contributed by atoms with Gasteiger partial charge in [-0.1, -0.05) is 20.8 Å². The SMILES string of the molecule is CCC1(C(=O)O)CCN(C(=O)N(C)C(C)C(C)C)CC1. The summed E-state index contributed by atoms with van der Waals surface area (Å²) >= 11 is 0. The average Bonchev–Trinajstić information content (AvgIpc) is 2.44. The second-order valence-corrected chi connectivity index (χ2v) is 6.30. The molecule has 0 spiro atoms. The Hall–Kier alpha value is -1.26. The number of carboxylic acids is 1. The third-order valence-electron chi connectivity index (χ3n) is 5.00. The van der Waals surface area contributed by atoms with Crippen molar-refractivity contribution in [3.63, 3.8) is 0 Å². The second-order valence-electron chi connectivity index (χ2n) is 6.30. The van der Waals surface area contributed by atoms with Crippen molar-refractivity contribution in [1.29, 1.82) is 0 Å². The maximum absolute atomic E-state index is 12.4. The van der Waals surface area contributed by atoms with Gasteiger partial charge >= 0.3 is 12.0 Å². The lowest BCUT2D eigenvalue weighted by molar-refractivity contribution is -0.152. The number of carbonyl (C=O) groups excluding carboxylic acids is 1. The monoisotopic (exact) mass is 284 g/mol. The summed E-state index contributed by atoms with van der Waals surface area (Å²) in [5, 5.41) is 9.37. The van der Waals surface area contributed by atoms with E-state index in [1.165, 1.54) is 0 Å². The molecule has 1 unspecified atom stereocenters. The minimum absolute atomic E-state index is 0.0151. The zero-order chi connectivity index (χ0) is 15.5. The van der Waals surface area contributed by atoms with Gasteiger partial charge in [0.25, 0.3) is 0 Å². The molecule has 1 saturated heterocycles. The first-order valence-corrected chi connectivity index (χ1v) is 7.50. The van der Waals surface area contributed by atoms with Gasteiger partial charge < -0.3 is 14.9 Å². The standard InChI is InChI=1S/C15H28N2O3/c1-6-15(13(18)19)7-9-17(10-8-15)14(20)16(5)12(4)11(2)3/h11-12H,6-10H2,1-5H3,(H,18,19). The van der Waals surface area contributed by atoms with E-state index in [0.717, 1.165) is 0 Å². The molecule has 20 heavy (non-hydrogen) atoms. The lowest BCUT2D eigenvalue weighted by atomic mass is 9.76. The largest absolute Gasteiger partial charge is 0.481 e. The van der Waals surface area contributed by atoms with Crippen LogP contribution >= 0.6 is 0 Å². The van der Waals surface area contributed by atoms with Gasteiger partial charge in [-0.3, -0.25) is 4.79 Å². The number of carbonyl (C=O) groups is 2. The Morgan fingerprint density at radius 3 is 2.10 bits per heavy atom. The van der Waals surface area contributed by atoms with E-state index < -0.39 is 11.4 Å². The minimum Gasteiger partial charge on any atom is -0.481 e. The van der Waals surface area contributed by atoms with Crippen LogP contribution in [0.3, 0.4) is 0 Å². The normalized spacial score (nSPS) is 19.8. The first-order chi connectivity index (χ1) is 9.25. The quantitative estimate of drug-likeness (QED) is 0.863. The van der Waals surface area contributed by atoms with Gasteiger partial charge in [-0.05, 0) is 32.1 Å². The average molecular weight is 284 g/mol. The highest BCUT2D eigenvalue weighted by molar-refractivity contribution is 5.77. The molecule has 1 rings (SSSR count). The third kappa shape index (κ3) is 3.25. The molecule has 5 nitrogen and oxygen atoms in total. The number of rotatable bonds is 4. The van der Waals surface area contributed by atoms with E-state index in [4.69, 9.17) is 0 Å². The fourth-order valence-electron chi connectivity index (χ4n) is 2.69. The number of piperidine rings is 1. The molecule has 0 radical (unpaired) electrons. The molecule has 1 aliphatic rings. The highest BCUT2D eigenvalue weighted by atomic mass is 16.4. The molecule has 1 atom stereocenters. The summed E-state index contributed by atoms with van der Waals surface area (Å²) in [7, 11) is 1.83. The zero-order valence-electron chi connectivity index (χ0n) is 13.3. The van der Waals surface area contributed by atoms with E-state index in [9.17, 15) is 14.7 Å². The summed E-state index contributed by atoms with van der Waals surface area (Å²) in [6, 6.07) is 0.195. The highest BCUT2D eigenvalue weighted by Gasteiger charge is 2.41. The van der Waals surface area contributed by atoms with Crippen LogP contribution in [-0.2, 0) is 4.79 Å². The van der Waals surface area contributed by atoms with Crippen molar-refractivity contribution in [2.45, 2.75) is 53.0 Å². The summed E-state index contributed by atoms with van der Waals surface area (Å²) in [5.41, 5.74) is -0.640. The number of urea groups is 1. The van der Waals surface area contributed by atoms with Crippen LogP contribution < -0.4 is 0 Å². The van der Waals surface area contributed by atoms with Crippen LogP contribution in [0.15, 0.2) is 0 Å². The van der Waals surface area contributed by atoms with E-state index in [1.807, 2.05) is 20.9 Å². The van der Waals surface area contributed by atoms with Gasteiger partial charge in [0.15, 0.2) is 0 Å². The van der Waals surface area contributed by atoms with E-state index in [0.29, 0.717) is 38.3 Å². The molecule has 0 aromatic heterocycles. The van der Waals surface area contributed by atoms with Crippen molar-refractivity contribution in [3.05, 3.63) is 0 Å². The lowest BCUT2D eigenvalue weighted by Gasteiger charge is -2.41. The van der Waals surface area contributed by atoms with Crippen LogP contribution in [0.4, 0.5) is 4.79 Å². The van der Waals surface area contributed by atoms with Crippen molar-refractivity contribution >= 4 is 12.0 Å². The van der Waals surface area contributed by atoms with Crippen molar-refractivity contribution in [2.24, 2.45) is 11.3 Å². The van der Waals surface area contributed by atoms with Crippen LogP contribution in [0.25, 0.3) is 0 Å². The number of aliphatic carboxylic acids is 1. The molecule has 1 N–H and O–H groups in total. The number of amides is 2. The number of hydrogen-bond donors (Lipinski definition) is 1. The summed E-state index contributed by atoms with van der Waals surface area (Å²) in [6.07, 6.45) is 1.73. The van der Waals surface area contributed by atoms with E-state index in [1.54, 1.807) is 9.80 Å². The van der Waals surface area contributed by atoms with Gasteiger partial charge in [0.2, 0.25) is 0 Å². The van der Waals surface area contributed by atoms with E-state index >= 15 is 0 Å². The molecular formula is C15H28N2O3. The van der Waals surface area contributed by atoms with E-state index in [-0.39, 0.29) is 12.1 Å². The van der Waals surface area contributed by atoms with Gasteiger partial charge in [-0.15, -0.1) is 0 Å². The first kappa shape index (κ1) is 16.8. The molecule has 0 aromatic carbocycles. The van der Waals surface area contributed by atoms with Crippen LogP contribution in [0.2, 0.25) is 0 Å². The predicted molar refractivity (Wildman–Crippen MR) is 78.6 cm³/mol. The van der Waals surface area contributed by atoms with Gasteiger partial charge in [0.1, 0.15) is 0 Å². The minimum atomic E-state index is -0.726.